The van der Waals surface area contributed by atoms with Gasteiger partial charge in [0.05, 0.1) is 20.8 Å². The molecule has 27 heavy (non-hydrogen) atoms. The third-order valence-electron chi connectivity index (χ3n) is 3.80. The second-order valence-corrected chi connectivity index (χ2v) is 5.73. The van der Waals surface area contributed by atoms with Gasteiger partial charge in [0.25, 0.3) is 0 Å². The van der Waals surface area contributed by atoms with Crippen LogP contribution in [-0.2, 0) is 6.54 Å². The number of halogens is 1. The SMILES string of the molecule is CN=C(NCc1ccc(OC)cc1OC)NCC(C)Oc1ccccc1.I. The van der Waals surface area contributed by atoms with Gasteiger partial charge in [0.1, 0.15) is 23.4 Å². The molecule has 1 atom stereocenters. The highest BCUT2D eigenvalue weighted by molar-refractivity contribution is 14.0. The molecular formula is C20H28IN3O3. The summed E-state index contributed by atoms with van der Waals surface area (Å²) in [6.45, 7) is 3.23. The molecule has 0 aliphatic heterocycles. The first-order valence-electron chi connectivity index (χ1n) is 8.53. The molecule has 2 rings (SSSR count). The van der Waals surface area contributed by atoms with Crippen LogP contribution in [0.4, 0.5) is 0 Å². The van der Waals surface area contributed by atoms with E-state index in [1.807, 2.05) is 55.5 Å². The molecule has 0 heterocycles. The van der Waals surface area contributed by atoms with Crippen molar-refractivity contribution in [1.82, 2.24) is 10.6 Å². The van der Waals surface area contributed by atoms with Crippen LogP contribution in [0.15, 0.2) is 53.5 Å². The topological polar surface area (TPSA) is 64.1 Å². The van der Waals surface area contributed by atoms with E-state index in [2.05, 4.69) is 15.6 Å². The minimum atomic E-state index is 0. The Morgan fingerprint density at radius 2 is 1.74 bits per heavy atom. The molecule has 0 spiro atoms. The molecule has 2 N–H and O–H groups in total. The van der Waals surface area contributed by atoms with Gasteiger partial charge in [0.2, 0.25) is 0 Å². The number of para-hydroxylation sites is 1. The first kappa shape index (κ1) is 22.9. The summed E-state index contributed by atoms with van der Waals surface area (Å²) in [5, 5.41) is 6.55. The predicted octanol–water partition coefficient (Wildman–Crippen LogP) is 3.45. The van der Waals surface area contributed by atoms with Crippen LogP contribution < -0.4 is 24.8 Å². The van der Waals surface area contributed by atoms with Gasteiger partial charge in [-0.1, -0.05) is 18.2 Å². The third-order valence-corrected chi connectivity index (χ3v) is 3.80. The number of hydrogen-bond acceptors (Lipinski definition) is 4. The second-order valence-electron chi connectivity index (χ2n) is 5.73. The molecule has 0 amide bonds. The molecule has 2 aromatic carbocycles. The number of nitrogens with zero attached hydrogens (tertiary/aromatic N) is 1. The van der Waals surface area contributed by atoms with Crippen LogP contribution in [-0.4, -0.2) is 39.9 Å². The summed E-state index contributed by atoms with van der Waals surface area (Å²) in [6.07, 6.45) is 0.00599. The van der Waals surface area contributed by atoms with Crippen molar-refractivity contribution in [2.24, 2.45) is 4.99 Å². The Hall–Kier alpha value is -2.16. The number of methoxy groups -OCH3 is 2. The highest BCUT2D eigenvalue weighted by Gasteiger charge is 2.08. The second kappa shape index (κ2) is 12.3. The van der Waals surface area contributed by atoms with Crippen LogP contribution >= 0.6 is 24.0 Å². The summed E-state index contributed by atoms with van der Waals surface area (Å²) >= 11 is 0. The molecule has 6 nitrogen and oxygen atoms in total. The molecule has 0 aliphatic rings. The largest absolute Gasteiger partial charge is 0.497 e. The van der Waals surface area contributed by atoms with Crippen LogP contribution in [0.3, 0.4) is 0 Å². The van der Waals surface area contributed by atoms with E-state index in [1.165, 1.54) is 0 Å². The number of guanidine groups is 1. The Balaban J connectivity index is 0.00000364. The molecular weight excluding hydrogens is 457 g/mol. The first-order valence-corrected chi connectivity index (χ1v) is 8.53. The lowest BCUT2D eigenvalue weighted by molar-refractivity contribution is 0.224. The van der Waals surface area contributed by atoms with E-state index < -0.39 is 0 Å². The molecule has 0 bridgehead atoms. The zero-order chi connectivity index (χ0) is 18.8. The number of hydrogen-bond donors (Lipinski definition) is 2. The lowest BCUT2D eigenvalue weighted by Gasteiger charge is -2.18. The number of aliphatic imine (C=N–C) groups is 1. The fourth-order valence-corrected chi connectivity index (χ4v) is 2.41. The average Bonchev–Trinajstić information content (AvgIpc) is 2.68. The Kier molecular flexibility index (Phi) is 10.4. The fourth-order valence-electron chi connectivity index (χ4n) is 2.41. The van der Waals surface area contributed by atoms with Crippen molar-refractivity contribution in [2.75, 3.05) is 27.8 Å². The van der Waals surface area contributed by atoms with Gasteiger partial charge in [-0.15, -0.1) is 24.0 Å². The van der Waals surface area contributed by atoms with Crippen LogP contribution in [0.2, 0.25) is 0 Å². The highest BCUT2D eigenvalue weighted by Crippen LogP contribution is 2.24. The van der Waals surface area contributed by atoms with Gasteiger partial charge in [-0.2, -0.15) is 0 Å². The fraction of sp³-hybridized carbons (Fsp3) is 0.350. The van der Waals surface area contributed by atoms with Crippen molar-refractivity contribution in [3.8, 4) is 17.2 Å². The van der Waals surface area contributed by atoms with Gasteiger partial charge < -0.3 is 24.8 Å². The van der Waals surface area contributed by atoms with Gasteiger partial charge in [0, 0.05) is 25.2 Å². The van der Waals surface area contributed by atoms with Gasteiger partial charge in [-0.3, -0.25) is 4.99 Å². The van der Waals surface area contributed by atoms with Crippen molar-refractivity contribution in [3.05, 3.63) is 54.1 Å². The normalized spacial score (nSPS) is 11.8. The molecule has 0 aromatic heterocycles. The van der Waals surface area contributed by atoms with Crippen molar-refractivity contribution >= 4 is 29.9 Å². The van der Waals surface area contributed by atoms with Crippen molar-refractivity contribution < 1.29 is 14.2 Å². The summed E-state index contributed by atoms with van der Waals surface area (Å²) in [5.41, 5.74) is 1.02. The van der Waals surface area contributed by atoms with Crippen molar-refractivity contribution in [3.63, 3.8) is 0 Å². The van der Waals surface area contributed by atoms with Gasteiger partial charge >= 0.3 is 0 Å². The zero-order valence-electron chi connectivity index (χ0n) is 16.2. The standard InChI is InChI=1S/C20H27N3O3.HI/c1-15(26-17-8-6-5-7-9-17)13-22-20(21-2)23-14-16-10-11-18(24-3)12-19(16)25-4;/h5-12,15H,13-14H2,1-4H3,(H2,21,22,23);1H. The Bertz CT molecular complexity index is 711. The molecule has 0 saturated carbocycles. The molecule has 0 aliphatic carbocycles. The number of nitrogens with one attached hydrogen (secondary N) is 2. The summed E-state index contributed by atoms with van der Waals surface area (Å²) in [6, 6.07) is 15.5. The van der Waals surface area contributed by atoms with Crippen molar-refractivity contribution in [2.45, 2.75) is 19.6 Å². The Labute approximate surface area is 178 Å². The summed E-state index contributed by atoms with van der Waals surface area (Å²) < 4.78 is 16.5. The minimum Gasteiger partial charge on any atom is -0.497 e. The van der Waals surface area contributed by atoms with E-state index >= 15 is 0 Å². The quantitative estimate of drug-likeness (QED) is 0.341. The zero-order valence-corrected chi connectivity index (χ0v) is 18.5. The third kappa shape index (κ3) is 7.54. The number of rotatable bonds is 8. The van der Waals surface area contributed by atoms with E-state index in [1.54, 1.807) is 21.3 Å². The van der Waals surface area contributed by atoms with Crippen molar-refractivity contribution in [1.29, 1.82) is 0 Å². The maximum Gasteiger partial charge on any atom is 0.191 e. The monoisotopic (exact) mass is 485 g/mol. The molecule has 148 valence electrons. The maximum atomic E-state index is 5.85. The van der Waals surface area contributed by atoms with E-state index in [4.69, 9.17) is 14.2 Å². The van der Waals surface area contributed by atoms with Gasteiger partial charge in [-0.05, 0) is 31.2 Å². The molecule has 0 fully saturated rings. The summed E-state index contributed by atoms with van der Waals surface area (Å²) in [7, 11) is 5.02. The lowest BCUT2D eigenvalue weighted by atomic mass is 10.2. The summed E-state index contributed by atoms with van der Waals surface area (Å²) in [4.78, 5) is 4.24. The number of ether oxygens (including phenoxy) is 3. The Morgan fingerprint density at radius 1 is 1.00 bits per heavy atom. The highest BCUT2D eigenvalue weighted by atomic mass is 127. The van der Waals surface area contributed by atoms with Crippen LogP contribution in [0.25, 0.3) is 0 Å². The van der Waals surface area contributed by atoms with E-state index in [-0.39, 0.29) is 30.1 Å². The maximum absolute atomic E-state index is 5.85. The Morgan fingerprint density at radius 3 is 2.37 bits per heavy atom. The lowest BCUT2D eigenvalue weighted by Crippen LogP contribution is -2.41. The van der Waals surface area contributed by atoms with Gasteiger partial charge in [0.15, 0.2) is 5.96 Å². The predicted molar refractivity (Wildman–Crippen MR) is 120 cm³/mol. The first-order chi connectivity index (χ1) is 12.7. The molecule has 1 unspecified atom stereocenters. The van der Waals surface area contributed by atoms with Crippen LogP contribution in [0, 0.1) is 0 Å². The van der Waals surface area contributed by atoms with Gasteiger partial charge in [-0.25, -0.2) is 0 Å². The van der Waals surface area contributed by atoms with E-state index in [0.29, 0.717) is 19.0 Å². The number of benzene rings is 2. The van der Waals surface area contributed by atoms with Crippen LogP contribution in [0.1, 0.15) is 12.5 Å². The molecule has 0 saturated heterocycles. The smallest absolute Gasteiger partial charge is 0.191 e. The molecule has 7 heteroatoms. The van der Waals surface area contributed by atoms with Crippen LogP contribution in [0.5, 0.6) is 17.2 Å². The summed E-state index contributed by atoms with van der Waals surface area (Å²) in [5.74, 6) is 3.09. The minimum absolute atomic E-state index is 0. The molecule has 2 aromatic rings. The van der Waals surface area contributed by atoms with E-state index in [0.717, 1.165) is 22.8 Å². The molecule has 0 radical (unpaired) electrons. The van der Waals surface area contributed by atoms with E-state index in [9.17, 15) is 0 Å². The average molecular weight is 485 g/mol.